The fourth-order valence-electron chi connectivity index (χ4n) is 9.84. The molecule has 0 unspecified atom stereocenters. The van der Waals surface area contributed by atoms with Gasteiger partial charge in [0.1, 0.15) is 0 Å². The van der Waals surface area contributed by atoms with E-state index in [0.717, 1.165) is 50.6 Å². The van der Waals surface area contributed by atoms with Crippen LogP contribution in [0.25, 0.3) is 71.7 Å². The van der Waals surface area contributed by atoms with Gasteiger partial charge in [0.05, 0.1) is 6.57 Å². The molecule has 4 fully saturated rings. The van der Waals surface area contributed by atoms with Gasteiger partial charge in [-0.25, -0.2) is 19.8 Å². The Bertz CT molecular complexity index is 2440. The lowest BCUT2D eigenvalue weighted by Crippen LogP contribution is -2.48. The van der Waals surface area contributed by atoms with Crippen LogP contribution in [0.4, 0.5) is 5.69 Å². The van der Waals surface area contributed by atoms with Crippen molar-refractivity contribution < 1.29 is 0 Å². The van der Waals surface area contributed by atoms with Gasteiger partial charge in [0, 0.05) is 16.7 Å². The summed E-state index contributed by atoms with van der Waals surface area (Å²) in [6, 6.07) is 44.9. The molecular weight excluding hydrogens is 609 g/mol. The number of aromatic nitrogens is 3. The Morgan fingerprint density at radius 1 is 0.460 bits per heavy atom. The Labute approximate surface area is 292 Å². The van der Waals surface area contributed by atoms with Crippen molar-refractivity contribution in [2.24, 2.45) is 17.8 Å². The highest BCUT2D eigenvalue weighted by Gasteiger charge is 2.51. The maximum Gasteiger partial charge on any atom is 0.187 e. The van der Waals surface area contributed by atoms with Crippen LogP contribution < -0.4 is 0 Å². The Hall–Kier alpha value is -5.66. The van der Waals surface area contributed by atoms with Crippen LogP contribution in [0.5, 0.6) is 0 Å². The van der Waals surface area contributed by atoms with Crippen LogP contribution in [0.2, 0.25) is 0 Å². The second-order valence-electron chi connectivity index (χ2n) is 15.1. The van der Waals surface area contributed by atoms with Crippen molar-refractivity contribution in [1.29, 1.82) is 0 Å². The average molecular weight is 645 g/mol. The summed E-state index contributed by atoms with van der Waals surface area (Å²) in [4.78, 5) is 18.5. The number of hydrogen-bond donors (Lipinski definition) is 0. The summed E-state index contributed by atoms with van der Waals surface area (Å²) in [6.07, 6.45) is 8.65. The van der Waals surface area contributed by atoms with Crippen LogP contribution in [0.1, 0.15) is 44.1 Å². The van der Waals surface area contributed by atoms with E-state index < -0.39 is 0 Å². The van der Waals surface area contributed by atoms with Crippen molar-refractivity contribution >= 4 is 27.2 Å². The van der Waals surface area contributed by atoms with Gasteiger partial charge in [-0.05, 0) is 124 Å². The molecule has 4 nitrogen and oxygen atoms in total. The Balaban J connectivity index is 0.985. The maximum atomic E-state index is 7.37. The molecule has 0 radical (unpaired) electrons. The van der Waals surface area contributed by atoms with Gasteiger partial charge in [-0.3, -0.25) is 0 Å². The van der Waals surface area contributed by atoms with E-state index in [1.807, 2.05) is 60.7 Å². The first-order valence-electron chi connectivity index (χ1n) is 18.0. The number of hydrogen-bond acceptors (Lipinski definition) is 3. The van der Waals surface area contributed by atoms with Gasteiger partial charge < -0.3 is 0 Å². The molecular formula is C46H36N4. The number of benzene rings is 6. The zero-order valence-corrected chi connectivity index (χ0v) is 27.9. The van der Waals surface area contributed by atoms with Gasteiger partial charge in [-0.1, -0.05) is 103 Å². The first kappa shape index (κ1) is 29.3. The molecule has 6 aromatic carbocycles. The smallest absolute Gasteiger partial charge is 0.187 e. The minimum Gasteiger partial charge on any atom is -0.238 e. The summed E-state index contributed by atoms with van der Waals surface area (Å²) in [5.74, 6) is 4.78. The third kappa shape index (κ3) is 5.08. The summed E-state index contributed by atoms with van der Waals surface area (Å²) < 4.78 is 0. The highest BCUT2D eigenvalue weighted by molar-refractivity contribution is 5.91. The first-order chi connectivity index (χ1) is 24.6. The van der Waals surface area contributed by atoms with Crippen molar-refractivity contribution in [1.82, 2.24) is 15.0 Å². The van der Waals surface area contributed by atoms with E-state index in [4.69, 9.17) is 21.5 Å². The van der Waals surface area contributed by atoms with Crippen LogP contribution in [0, 0.1) is 24.3 Å². The summed E-state index contributed by atoms with van der Waals surface area (Å²) >= 11 is 0. The molecule has 11 rings (SSSR count). The molecule has 4 aliphatic carbocycles. The molecule has 50 heavy (non-hydrogen) atoms. The normalized spacial score (nSPS) is 22.2. The fourth-order valence-corrected chi connectivity index (χ4v) is 9.84. The van der Waals surface area contributed by atoms with E-state index >= 15 is 0 Å². The molecule has 1 aromatic heterocycles. The third-order valence-electron chi connectivity index (χ3n) is 11.8. The second-order valence-corrected chi connectivity index (χ2v) is 15.1. The predicted octanol–water partition coefficient (Wildman–Crippen LogP) is 11.9. The lowest BCUT2D eigenvalue weighted by molar-refractivity contribution is -0.00518. The predicted molar refractivity (Wildman–Crippen MR) is 203 cm³/mol. The average Bonchev–Trinajstić information content (AvgIpc) is 3.17. The minimum absolute atomic E-state index is 0.430. The van der Waals surface area contributed by atoms with E-state index in [1.165, 1.54) is 55.0 Å². The lowest BCUT2D eigenvalue weighted by Gasteiger charge is -2.57. The first-order valence-corrected chi connectivity index (χ1v) is 18.0. The van der Waals surface area contributed by atoms with Crippen LogP contribution in [-0.4, -0.2) is 15.0 Å². The van der Waals surface area contributed by atoms with Gasteiger partial charge in [-0.2, -0.15) is 0 Å². The standard InChI is InChI=1S/C46H36N4/c1-47-42-18-15-37-24-40(12-10-38(37)25-42)45-49-43(33-5-3-2-4-6-33)48-44(50-45)39-11-9-35-22-34(7-8-36(35)23-39)32-13-16-41(17-14-32)46-26-29-19-30(27-46)21-31(20-29)28-46/h2-18,22-25,29-31H,19-21,26-28H2. The van der Waals surface area contributed by atoms with Crippen molar-refractivity contribution in [3.63, 3.8) is 0 Å². The van der Waals surface area contributed by atoms with Gasteiger partial charge in [0.25, 0.3) is 0 Å². The van der Waals surface area contributed by atoms with E-state index in [0.29, 0.717) is 28.6 Å². The van der Waals surface area contributed by atoms with Crippen LogP contribution >= 0.6 is 0 Å². The quantitative estimate of drug-likeness (QED) is 0.175. The SMILES string of the molecule is [C-]#[N+]c1ccc2cc(-c3nc(-c4ccccc4)nc(-c4ccc5cc(-c6ccc(C78CC9CC(CC(C9)C7)C8)cc6)ccc5c4)n3)ccc2c1. The van der Waals surface area contributed by atoms with Crippen molar-refractivity contribution in [3.05, 3.63) is 144 Å². The fraction of sp³-hybridized carbons (Fsp3) is 0.217. The summed E-state index contributed by atoms with van der Waals surface area (Å²) in [7, 11) is 0. The highest BCUT2D eigenvalue weighted by Crippen LogP contribution is 2.60. The van der Waals surface area contributed by atoms with Crippen molar-refractivity contribution in [2.45, 2.75) is 43.9 Å². The Morgan fingerprint density at radius 3 is 1.48 bits per heavy atom. The molecule has 0 atom stereocenters. The molecule has 0 saturated heterocycles. The summed E-state index contributed by atoms with van der Waals surface area (Å²) in [5.41, 5.74) is 7.97. The van der Waals surface area contributed by atoms with Gasteiger partial charge in [0.2, 0.25) is 0 Å². The Kier molecular flexibility index (Phi) is 6.71. The van der Waals surface area contributed by atoms with Crippen molar-refractivity contribution in [3.8, 4) is 45.3 Å². The van der Waals surface area contributed by atoms with E-state index in [9.17, 15) is 0 Å². The van der Waals surface area contributed by atoms with Crippen LogP contribution in [0.3, 0.4) is 0 Å². The van der Waals surface area contributed by atoms with E-state index in [-0.39, 0.29) is 0 Å². The number of fused-ring (bicyclic) bond motifs is 2. The van der Waals surface area contributed by atoms with E-state index in [1.54, 1.807) is 5.56 Å². The zero-order valence-electron chi connectivity index (χ0n) is 27.9. The maximum absolute atomic E-state index is 7.37. The van der Waals surface area contributed by atoms with Crippen LogP contribution in [-0.2, 0) is 5.41 Å². The molecule has 240 valence electrons. The molecule has 4 aliphatic rings. The topological polar surface area (TPSA) is 43.0 Å². The largest absolute Gasteiger partial charge is 0.238 e. The monoisotopic (exact) mass is 644 g/mol. The number of nitrogens with zero attached hydrogens (tertiary/aromatic N) is 4. The highest BCUT2D eigenvalue weighted by atomic mass is 15.0. The molecule has 1 heterocycles. The van der Waals surface area contributed by atoms with Gasteiger partial charge in [-0.15, -0.1) is 0 Å². The van der Waals surface area contributed by atoms with Gasteiger partial charge >= 0.3 is 0 Å². The molecule has 0 aliphatic heterocycles. The van der Waals surface area contributed by atoms with Crippen LogP contribution in [0.15, 0.2) is 127 Å². The Morgan fingerprint density at radius 2 is 0.920 bits per heavy atom. The molecule has 4 saturated carbocycles. The number of rotatable bonds is 5. The molecule has 0 spiro atoms. The molecule has 4 heteroatoms. The molecule has 7 aromatic rings. The molecule has 4 bridgehead atoms. The molecule has 0 N–H and O–H groups in total. The van der Waals surface area contributed by atoms with Crippen molar-refractivity contribution in [2.75, 3.05) is 0 Å². The molecule has 0 amide bonds. The zero-order chi connectivity index (χ0) is 33.2. The summed E-state index contributed by atoms with van der Waals surface area (Å²) in [5, 5.41) is 4.41. The minimum atomic E-state index is 0.430. The lowest BCUT2D eigenvalue weighted by atomic mass is 9.48. The third-order valence-corrected chi connectivity index (χ3v) is 11.8. The van der Waals surface area contributed by atoms with Gasteiger partial charge in [0.15, 0.2) is 23.2 Å². The van der Waals surface area contributed by atoms with E-state index in [2.05, 4.69) is 71.6 Å². The summed E-state index contributed by atoms with van der Waals surface area (Å²) in [6.45, 7) is 7.37. The second kappa shape index (κ2) is 11.5.